The fourth-order valence-corrected chi connectivity index (χ4v) is 5.58. The van der Waals surface area contributed by atoms with Crippen molar-refractivity contribution in [3.63, 3.8) is 0 Å². The Kier molecular flexibility index (Phi) is 7.46. The van der Waals surface area contributed by atoms with Crippen molar-refractivity contribution in [3.05, 3.63) is 65.7 Å². The number of carbonyl (C=O) groups excluding carboxylic acids is 1. The molecule has 2 aromatic carbocycles. The third-order valence-corrected chi connectivity index (χ3v) is 7.13. The molecule has 0 heterocycles. The number of nitrogens with zero attached hydrogens (tertiary/aromatic N) is 1. The summed E-state index contributed by atoms with van der Waals surface area (Å²) in [4.78, 5) is 14.9. The van der Waals surface area contributed by atoms with Gasteiger partial charge < -0.3 is 14.7 Å². The average Bonchev–Trinajstić information content (AvgIpc) is 3.14. The highest BCUT2D eigenvalue weighted by Crippen LogP contribution is 2.54. The molecule has 4 nitrogen and oxygen atoms in total. The molecule has 5 heteroatoms. The predicted octanol–water partition coefficient (Wildman–Crippen LogP) is 5.00. The van der Waals surface area contributed by atoms with Crippen molar-refractivity contribution in [1.29, 1.82) is 0 Å². The predicted molar refractivity (Wildman–Crippen MR) is 126 cm³/mol. The molecule has 0 saturated heterocycles. The van der Waals surface area contributed by atoms with Gasteiger partial charge in [-0.25, -0.2) is 0 Å². The number of halogens is 1. The van der Waals surface area contributed by atoms with Crippen molar-refractivity contribution >= 4 is 18.4 Å². The molecule has 168 valence electrons. The zero-order chi connectivity index (χ0) is 21.3. The summed E-state index contributed by atoms with van der Waals surface area (Å²) >= 11 is 0. The Morgan fingerprint density at radius 2 is 1.90 bits per heavy atom. The van der Waals surface area contributed by atoms with Crippen LogP contribution in [0.15, 0.2) is 54.6 Å². The van der Waals surface area contributed by atoms with Crippen LogP contribution in [0.1, 0.15) is 49.7 Å². The first kappa shape index (κ1) is 23.8. The van der Waals surface area contributed by atoms with E-state index in [1.807, 2.05) is 55.5 Å². The van der Waals surface area contributed by atoms with Crippen LogP contribution in [-0.2, 0) is 10.4 Å². The standard InChI is InChI=1S/C26H33NO3.ClH/c1-18(20-8-5-4-6-9-20)25(28)30-23-11-7-10-22(15-23)26(29)16-19-12-13-21(14-19)24(26)17-27(2)3;/h4-11,15,18-19,21,24,29H,12-14,16-17H2,1-3H3;1H/t18?,19-,21+,24+,26-;/m0./s1. The molecule has 1 unspecified atom stereocenters. The molecule has 2 bridgehead atoms. The van der Waals surface area contributed by atoms with Gasteiger partial charge in [-0.15, -0.1) is 12.4 Å². The summed E-state index contributed by atoms with van der Waals surface area (Å²) in [5.74, 6) is 1.22. The number of rotatable bonds is 6. The Labute approximate surface area is 192 Å². The summed E-state index contributed by atoms with van der Waals surface area (Å²) in [5, 5.41) is 11.9. The number of fused-ring (bicyclic) bond motifs is 2. The Morgan fingerprint density at radius 1 is 1.16 bits per heavy atom. The highest BCUT2D eigenvalue weighted by molar-refractivity contribution is 5.85. The van der Waals surface area contributed by atoms with Crippen molar-refractivity contribution in [1.82, 2.24) is 4.90 Å². The number of ether oxygens (including phenoxy) is 1. The van der Waals surface area contributed by atoms with Crippen LogP contribution in [0.2, 0.25) is 0 Å². The SMILES string of the molecule is CC(C(=O)Oc1cccc([C@@]2(O)C[C@H]3CC[C@H](C3)[C@H]2CN(C)C)c1)c1ccccc1.Cl. The minimum atomic E-state index is -0.873. The fraction of sp³-hybridized carbons (Fsp3) is 0.500. The molecule has 0 spiro atoms. The Hall–Kier alpha value is -1.88. The second kappa shape index (κ2) is 9.72. The van der Waals surface area contributed by atoms with E-state index in [2.05, 4.69) is 19.0 Å². The number of esters is 1. The molecule has 5 atom stereocenters. The minimum Gasteiger partial charge on any atom is -0.426 e. The van der Waals surface area contributed by atoms with E-state index >= 15 is 0 Å². The molecule has 1 N–H and O–H groups in total. The molecule has 0 amide bonds. The molecule has 31 heavy (non-hydrogen) atoms. The lowest BCUT2D eigenvalue weighted by Gasteiger charge is -2.45. The fourth-order valence-electron chi connectivity index (χ4n) is 5.58. The second-order valence-corrected chi connectivity index (χ2v) is 9.52. The van der Waals surface area contributed by atoms with Crippen LogP contribution in [0.4, 0.5) is 0 Å². The van der Waals surface area contributed by atoms with E-state index in [0.29, 0.717) is 17.6 Å². The third kappa shape index (κ3) is 4.97. The van der Waals surface area contributed by atoms with Gasteiger partial charge in [-0.1, -0.05) is 48.9 Å². The zero-order valence-electron chi connectivity index (χ0n) is 18.7. The Balaban J connectivity index is 0.00000272. The lowest BCUT2D eigenvalue weighted by atomic mass is 9.66. The highest BCUT2D eigenvalue weighted by Gasteiger charge is 2.51. The Morgan fingerprint density at radius 3 is 2.61 bits per heavy atom. The maximum atomic E-state index is 12.7. The first-order chi connectivity index (χ1) is 14.4. The van der Waals surface area contributed by atoms with Gasteiger partial charge in [0.15, 0.2) is 0 Å². The monoisotopic (exact) mass is 443 g/mol. The van der Waals surface area contributed by atoms with Crippen LogP contribution in [0.3, 0.4) is 0 Å². The average molecular weight is 444 g/mol. The van der Waals surface area contributed by atoms with Gasteiger partial charge in [-0.3, -0.25) is 4.79 Å². The smallest absolute Gasteiger partial charge is 0.318 e. The van der Waals surface area contributed by atoms with Gasteiger partial charge in [0.05, 0.1) is 11.5 Å². The molecule has 4 rings (SSSR count). The summed E-state index contributed by atoms with van der Waals surface area (Å²) in [6.07, 6.45) is 4.43. The highest BCUT2D eigenvalue weighted by atomic mass is 35.5. The molecule has 2 aromatic rings. The van der Waals surface area contributed by atoms with Crippen molar-refractivity contribution < 1.29 is 14.6 Å². The van der Waals surface area contributed by atoms with E-state index in [-0.39, 0.29) is 30.2 Å². The van der Waals surface area contributed by atoms with E-state index in [9.17, 15) is 9.90 Å². The van der Waals surface area contributed by atoms with Gasteiger partial charge in [0.25, 0.3) is 0 Å². The summed E-state index contributed by atoms with van der Waals surface area (Å²) < 4.78 is 5.73. The molecule has 2 aliphatic carbocycles. The Bertz CT molecular complexity index is 887. The number of carbonyl (C=O) groups is 1. The van der Waals surface area contributed by atoms with Crippen LogP contribution < -0.4 is 4.74 Å². The summed E-state index contributed by atoms with van der Waals surface area (Å²) in [6.45, 7) is 2.73. The number of hydrogen-bond donors (Lipinski definition) is 1. The van der Waals surface area contributed by atoms with E-state index in [1.165, 1.54) is 19.3 Å². The van der Waals surface area contributed by atoms with Gasteiger partial charge >= 0.3 is 5.97 Å². The largest absolute Gasteiger partial charge is 0.426 e. The lowest BCUT2D eigenvalue weighted by Crippen LogP contribution is -2.47. The van der Waals surface area contributed by atoms with Gasteiger partial charge in [0.2, 0.25) is 0 Å². The van der Waals surface area contributed by atoms with Gasteiger partial charge in [-0.2, -0.15) is 0 Å². The normalized spacial score (nSPS) is 28.1. The number of benzene rings is 2. The molecule has 0 aliphatic heterocycles. The van der Waals surface area contributed by atoms with Crippen molar-refractivity contribution in [2.75, 3.05) is 20.6 Å². The topological polar surface area (TPSA) is 49.8 Å². The van der Waals surface area contributed by atoms with E-state index in [0.717, 1.165) is 24.1 Å². The maximum Gasteiger partial charge on any atom is 0.318 e. The van der Waals surface area contributed by atoms with Crippen LogP contribution in [-0.4, -0.2) is 36.6 Å². The molecular weight excluding hydrogens is 410 g/mol. The van der Waals surface area contributed by atoms with Crippen LogP contribution in [0.5, 0.6) is 5.75 Å². The molecule has 0 radical (unpaired) electrons. The molecule has 2 aliphatic rings. The molecular formula is C26H34ClNO3. The molecule has 2 fully saturated rings. The number of aliphatic hydroxyl groups is 1. The van der Waals surface area contributed by atoms with E-state index in [4.69, 9.17) is 4.74 Å². The number of hydrogen-bond acceptors (Lipinski definition) is 4. The van der Waals surface area contributed by atoms with E-state index < -0.39 is 5.60 Å². The third-order valence-electron chi connectivity index (χ3n) is 7.13. The van der Waals surface area contributed by atoms with Crippen molar-refractivity contribution in [2.24, 2.45) is 17.8 Å². The quantitative estimate of drug-likeness (QED) is 0.504. The molecule has 0 aromatic heterocycles. The van der Waals surface area contributed by atoms with Crippen molar-refractivity contribution in [3.8, 4) is 5.75 Å². The minimum absolute atomic E-state index is 0. The van der Waals surface area contributed by atoms with Gasteiger partial charge in [0, 0.05) is 12.5 Å². The lowest BCUT2D eigenvalue weighted by molar-refractivity contribution is -0.135. The van der Waals surface area contributed by atoms with Crippen LogP contribution in [0.25, 0.3) is 0 Å². The maximum absolute atomic E-state index is 12.7. The molecule has 2 saturated carbocycles. The van der Waals surface area contributed by atoms with Gasteiger partial charge in [-0.05, 0) is 75.4 Å². The van der Waals surface area contributed by atoms with Crippen LogP contribution >= 0.6 is 12.4 Å². The van der Waals surface area contributed by atoms with Crippen molar-refractivity contribution in [2.45, 2.75) is 44.1 Å². The summed E-state index contributed by atoms with van der Waals surface area (Å²) in [6, 6.07) is 17.2. The second-order valence-electron chi connectivity index (χ2n) is 9.52. The van der Waals surface area contributed by atoms with Crippen LogP contribution in [0, 0.1) is 17.8 Å². The first-order valence-electron chi connectivity index (χ1n) is 11.1. The van der Waals surface area contributed by atoms with E-state index in [1.54, 1.807) is 6.07 Å². The zero-order valence-corrected chi connectivity index (χ0v) is 19.5. The summed E-state index contributed by atoms with van der Waals surface area (Å²) in [5.41, 5.74) is 0.942. The summed E-state index contributed by atoms with van der Waals surface area (Å²) in [7, 11) is 4.15. The first-order valence-corrected chi connectivity index (χ1v) is 11.1. The van der Waals surface area contributed by atoms with Gasteiger partial charge in [0.1, 0.15) is 5.75 Å².